The summed E-state index contributed by atoms with van der Waals surface area (Å²) in [6.07, 6.45) is 6.88. The Bertz CT molecular complexity index is 981. The molecule has 0 saturated heterocycles. The van der Waals surface area contributed by atoms with Crippen molar-refractivity contribution >= 4 is 11.5 Å². The zero-order chi connectivity index (χ0) is 18.5. The zero-order valence-corrected chi connectivity index (χ0v) is 14.2. The summed E-state index contributed by atoms with van der Waals surface area (Å²) in [6.45, 7) is 7.59. The van der Waals surface area contributed by atoms with Gasteiger partial charge in [0.15, 0.2) is 5.76 Å². The molecule has 128 valence electrons. The fraction of sp³-hybridized carbons (Fsp3) is 0. The lowest BCUT2D eigenvalue weighted by Crippen LogP contribution is -2.10. The Balaban J connectivity index is 2.16. The van der Waals surface area contributed by atoms with Crippen molar-refractivity contribution in [3.05, 3.63) is 97.4 Å². The van der Waals surface area contributed by atoms with E-state index in [1.807, 2.05) is 42.5 Å². The Labute approximate surface area is 152 Å². The highest BCUT2D eigenvalue weighted by atomic mass is 16.3. The zero-order valence-electron chi connectivity index (χ0n) is 14.2. The van der Waals surface area contributed by atoms with Crippen LogP contribution in [-0.2, 0) is 0 Å². The number of primary amides is 1. The maximum absolute atomic E-state index is 11.3. The van der Waals surface area contributed by atoms with E-state index in [4.69, 9.17) is 10.2 Å². The topological polar surface area (TPSA) is 69.1 Å². The minimum atomic E-state index is -0.453. The van der Waals surface area contributed by atoms with Crippen LogP contribution in [0.1, 0.15) is 16.1 Å². The first-order chi connectivity index (χ1) is 12.6. The molecule has 2 heterocycles. The highest BCUT2D eigenvalue weighted by molar-refractivity contribution is 5.93. The predicted octanol–water partition coefficient (Wildman–Crippen LogP) is 4.86. The lowest BCUT2D eigenvalue weighted by Gasteiger charge is -2.09. The number of nitrogens with zero attached hydrogens (tertiary/aromatic N) is 1. The van der Waals surface area contributed by atoms with Crippen LogP contribution in [0, 0.1) is 0 Å². The van der Waals surface area contributed by atoms with Crippen molar-refractivity contribution in [1.29, 1.82) is 0 Å². The molecule has 0 bridgehead atoms. The number of rotatable bonds is 6. The molecule has 0 aliphatic heterocycles. The Morgan fingerprint density at radius 1 is 1.08 bits per heavy atom. The van der Waals surface area contributed by atoms with Gasteiger partial charge in [0.25, 0.3) is 0 Å². The van der Waals surface area contributed by atoms with Gasteiger partial charge in [-0.2, -0.15) is 0 Å². The molecular formula is C22H18N2O2. The molecule has 0 unspecified atom stereocenters. The number of hydrogen-bond acceptors (Lipinski definition) is 3. The molecule has 0 spiro atoms. The molecule has 0 atom stereocenters. The van der Waals surface area contributed by atoms with Crippen LogP contribution in [0.3, 0.4) is 0 Å². The van der Waals surface area contributed by atoms with Crippen molar-refractivity contribution in [1.82, 2.24) is 4.98 Å². The molecule has 1 amide bonds. The number of carbonyl (C=O) groups is 1. The quantitative estimate of drug-likeness (QED) is 0.650. The number of benzene rings is 1. The van der Waals surface area contributed by atoms with Gasteiger partial charge in [-0.25, -0.2) is 4.98 Å². The largest absolute Gasteiger partial charge is 0.463 e. The van der Waals surface area contributed by atoms with Crippen molar-refractivity contribution in [2.75, 3.05) is 0 Å². The third-order valence-electron chi connectivity index (χ3n) is 3.91. The smallest absolute Gasteiger partial charge is 0.248 e. The first-order valence-corrected chi connectivity index (χ1v) is 8.04. The number of hydrogen-bond donors (Lipinski definition) is 1. The molecule has 4 nitrogen and oxygen atoms in total. The molecule has 0 radical (unpaired) electrons. The van der Waals surface area contributed by atoms with Crippen molar-refractivity contribution < 1.29 is 9.21 Å². The van der Waals surface area contributed by atoms with E-state index < -0.39 is 5.91 Å². The highest BCUT2D eigenvalue weighted by Gasteiger charge is 2.11. The van der Waals surface area contributed by atoms with Crippen LogP contribution in [0.15, 0.2) is 90.6 Å². The summed E-state index contributed by atoms with van der Waals surface area (Å²) in [5.74, 6) is 0.218. The van der Waals surface area contributed by atoms with Crippen molar-refractivity contribution in [3.63, 3.8) is 0 Å². The number of allylic oxidation sites excluding steroid dienone is 4. The van der Waals surface area contributed by atoms with Gasteiger partial charge in [0.2, 0.25) is 5.91 Å². The lowest BCUT2D eigenvalue weighted by molar-refractivity contribution is 0.100. The maximum Gasteiger partial charge on any atom is 0.248 e. The van der Waals surface area contributed by atoms with Crippen LogP contribution >= 0.6 is 0 Å². The lowest BCUT2D eigenvalue weighted by atomic mass is 10.00. The molecule has 0 aliphatic rings. The van der Waals surface area contributed by atoms with Gasteiger partial charge in [-0.05, 0) is 53.1 Å². The normalized spacial score (nSPS) is 11.2. The van der Waals surface area contributed by atoms with Crippen LogP contribution < -0.4 is 5.73 Å². The van der Waals surface area contributed by atoms with E-state index in [0.717, 1.165) is 22.4 Å². The third kappa shape index (κ3) is 3.54. The first-order valence-electron chi connectivity index (χ1n) is 8.04. The number of nitrogens with two attached hydrogens (primary N) is 1. The standard InChI is InChI=1S/C22H18N2O2/c1-3-6-15(4-2)19-13-18(14-20(24-19)21-7-5-12-26-21)16-8-10-17(11-9-16)22(23)25/h3-14H,1-2H2,(H2,23,25)/b15-6+. The Hall–Kier alpha value is -3.66. The van der Waals surface area contributed by atoms with Gasteiger partial charge < -0.3 is 10.2 Å². The molecule has 26 heavy (non-hydrogen) atoms. The number of carbonyl (C=O) groups excluding carboxylic acids is 1. The molecule has 2 N–H and O–H groups in total. The summed E-state index contributed by atoms with van der Waals surface area (Å²) < 4.78 is 5.50. The SMILES string of the molecule is C=C/C=C(\C=C)c1cc(-c2ccc(C(N)=O)cc2)cc(-c2ccco2)n1. The summed E-state index contributed by atoms with van der Waals surface area (Å²) in [6, 6.07) is 14.7. The molecule has 0 saturated carbocycles. The number of amides is 1. The molecule has 3 aromatic rings. The molecule has 4 heteroatoms. The van der Waals surface area contributed by atoms with Gasteiger partial charge in [0, 0.05) is 5.56 Å². The third-order valence-corrected chi connectivity index (χ3v) is 3.91. The molecule has 0 fully saturated rings. The van der Waals surface area contributed by atoms with Crippen LogP contribution in [0.4, 0.5) is 0 Å². The van der Waals surface area contributed by atoms with Crippen molar-refractivity contribution in [2.45, 2.75) is 0 Å². The van der Waals surface area contributed by atoms with Crippen LogP contribution in [0.5, 0.6) is 0 Å². The van der Waals surface area contributed by atoms with E-state index in [-0.39, 0.29) is 0 Å². The van der Waals surface area contributed by atoms with Crippen molar-refractivity contribution in [3.8, 4) is 22.6 Å². The fourth-order valence-corrected chi connectivity index (χ4v) is 2.61. The van der Waals surface area contributed by atoms with Crippen LogP contribution in [0.2, 0.25) is 0 Å². The summed E-state index contributed by atoms with van der Waals surface area (Å²) in [5.41, 5.74) is 9.97. The fourth-order valence-electron chi connectivity index (χ4n) is 2.61. The molecule has 3 rings (SSSR count). The Kier molecular flexibility index (Phi) is 4.94. The Morgan fingerprint density at radius 3 is 2.42 bits per heavy atom. The average molecular weight is 342 g/mol. The van der Waals surface area contributed by atoms with E-state index in [1.54, 1.807) is 30.5 Å². The van der Waals surface area contributed by atoms with Crippen LogP contribution in [-0.4, -0.2) is 10.9 Å². The second kappa shape index (κ2) is 7.49. The number of pyridine rings is 1. The second-order valence-electron chi connectivity index (χ2n) is 5.61. The number of furan rings is 1. The summed E-state index contributed by atoms with van der Waals surface area (Å²) in [5, 5.41) is 0. The monoisotopic (exact) mass is 342 g/mol. The summed E-state index contributed by atoms with van der Waals surface area (Å²) in [7, 11) is 0. The maximum atomic E-state index is 11.3. The van der Waals surface area contributed by atoms with Gasteiger partial charge in [-0.1, -0.05) is 43.5 Å². The highest BCUT2D eigenvalue weighted by Crippen LogP contribution is 2.29. The first kappa shape index (κ1) is 17.2. The van der Waals surface area contributed by atoms with Gasteiger partial charge >= 0.3 is 0 Å². The van der Waals surface area contributed by atoms with Crippen LogP contribution in [0.25, 0.3) is 28.2 Å². The molecule has 1 aromatic carbocycles. The van der Waals surface area contributed by atoms with E-state index in [0.29, 0.717) is 17.0 Å². The van der Waals surface area contributed by atoms with Gasteiger partial charge in [-0.3, -0.25) is 4.79 Å². The summed E-state index contributed by atoms with van der Waals surface area (Å²) in [4.78, 5) is 16.0. The number of aromatic nitrogens is 1. The average Bonchev–Trinajstić information content (AvgIpc) is 3.20. The minimum absolute atomic E-state index is 0.453. The molecule has 2 aromatic heterocycles. The molecular weight excluding hydrogens is 324 g/mol. The van der Waals surface area contributed by atoms with Gasteiger partial charge in [0.05, 0.1) is 12.0 Å². The van der Waals surface area contributed by atoms with E-state index >= 15 is 0 Å². The Morgan fingerprint density at radius 2 is 1.85 bits per heavy atom. The van der Waals surface area contributed by atoms with E-state index in [2.05, 4.69) is 18.1 Å². The van der Waals surface area contributed by atoms with Crippen molar-refractivity contribution in [2.24, 2.45) is 5.73 Å². The van der Waals surface area contributed by atoms with E-state index in [1.165, 1.54) is 0 Å². The minimum Gasteiger partial charge on any atom is -0.463 e. The predicted molar refractivity (Wildman–Crippen MR) is 104 cm³/mol. The molecule has 0 aliphatic carbocycles. The van der Waals surface area contributed by atoms with Gasteiger partial charge in [-0.15, -0.1) is 0 Å². The second-order valence-corrected chi connectivity index (χ2v) is 5.61. The van der Waals surface area contributed by atoms with Gasteiger partial charge in [0.1, 0.15) is 5.69 Å². The van der Waals surface area contributed by atoms with E-state index in [9.17, 15) is 4.79 Å². The summed E-state index contributed by atoms with van der Waals surface area (Å²) >= 11 is 0.